The molecule has 1 aliphatic rings. The van der Waals surface area contributed by atoms with Gasteiger partial charge in [-0.1, -0.05) is 0 Å². The number of rotatable bonds is 1. The van der Waals surface area contributed by atoms with E-state index < -0.39 is 0 Å². The molecular formula is C10H9N3O2. The monoisotopic (exact) mass is 203 g/mol. The number of hydrogen-bond donors (Lipinski definition) is 2. The van der Waals surface area contributed by atoms with E-state index in [2.05, 4.69) is 10.2 Å². The second-order valence-corrected chi connectivity index (χ2v) is 3.27. The van der Waals surface area contributed by atoms with Crippen molar-refractivity contribution in [3.05, 3.63) is 24.3 Å². The van der Waals surface area contributed by atoms with Gasteiger partial charge in [0, 0.05) is 11.6 Å². The number of hydrogen-bond acceptors (Lipinski definition) is 4. The third-order valence-electron chi connectivity index (χ3n) is 2.28. The van der Waals surface area contributed by atoms with E-state index in [1.165, 1.54) is 0 Å². The number of aromatic nitrogens is 2. The summed E-state index contributed by atoms with van der Waals surface area (Å²) in [5, 5.41) is 6.71. The van der Waals surface area contributed by atoms with Gasteiger partial charge in [-0.2, -0.15) is 5.10 Å². The van der Waals surface area contributed by atoms with Crippen LogP contribution < -0.4 is 15.2 Å². The molecule has 2 heterocycles. The van der Waals surface area contributed by atoms with E-state index in [0.717, 1.165) is 22.8 Å². The maximum absolute atomic E-state index is 5.53. The zero-order valence-electron chi connectivity index (χ0n) is 7.86. The molecule has 0 radical (unpaired) electrons. The molecule has 1 aliphatic heterocycles. The highest BCUT2D eigenvalue weighted by Crippen LogP contribution is 2.35. The van der Waals surface area contributed by atoms with Crippen LogP contribution >= 0.6 is 0 Å². The van der Waals surface area contributed by atoms with Gasteiger partial charge in [-0.3, -0.25) is 5.10 Å². The number of nitrogen functional groups attached to an aromatic ring is 1. The molecule has 3 N–H and O–H groups in total. The number of nitrogens with zero attached hydrogens (tertiary/aromatic N) is 1. The predicted octanol–water partition coefficient (Wildman–Crippen LogP) is 1.39. The van der Waals surface area contributed by atoms with E-state index in [0.29, 0.717) is 5.82 Å². The summed E-state index contributed by atoms with van der Waals surface area (Å²) in [6, 6.07) is 7.47. The number of nitrogens with one attached hydrogen (secondary N) is 1. The number of benzene rings is 1. The fourth-order valence-electron chi connectivity index (χ4n) is 1.55. The van der Waals surface area contributed by atoms with Gasteiger partial charge in [-0.25, -0.2) is 0 Å². The number of ether oxygens (including phenoxy) is 2. The number of fused-ring (bicyclic) bond motifs is 1. The maximum Gasteiger partial charge on any atom is 0.231 e. The molecule has 2 aromatic rings. The molecule has 76 valence electrons. The second kappa shape index (κ2) is 2.91. The van der Waals surface area contributed by atoms with E-state index in [-0.39, 0.29) is 6.79 Å². The van der Waals surface area contributed by atoms with Gasteiger partial charge in [0.25, 0.3) is 0 Å². The molecule has 0 spiro atoms. The van der Waals surface area contributed by atoms with Crippen LogP contribution in [0.2, 0.25) is 0 Å². The molecule has 0 unspecified atom stereocenters. The SMILES string of the molecule is Nc1cc(-c2ccc3c(c2)OCO3)[nH]n1. The van der Waals surface area contributed by atoms with Crippen LogP contribution in [-0.2, 0) is 0 Å². The van der Waals surface area contributed by atoms with Crippen molar-refractivity contribution in [2.75, 3.05) is 12.5 Å². The lowest BCUT2D eigenvalue weighted by Gasteiger charge is -1.99. The van der Waals surface area contributed by atoms with Gasteiger partial charge in [-0.05, 0) is 18.2 Å². The normalized spacial score (nSPS) is 13.1. The van der Waals surface area contributed by atoms with Crippen molar-refractivity contribution in [3.8, 4) is 22.8 Å². The first-order valence-electron chi connectivity index (χ1n) is 4.54. The standard InChI is InChI=1S/C10H9N3O2/c11-10-4-7(12-13-10)6-1-2-8-9(3-6)15-5-14-8/h1-4H,5H2,(H3,11,12,13). The summed E-state index contributed by atoms with van der Waals surface area (Å²) < 4.78 is 10.5. The highest BCUT2D eigenvalue weighted by atomic mass is 16.7. The molecule has 15 heavy (non-hydrogen) atoms. The molecule has 5 heteroatoms. The summed E-state index contributed by atoms with van der Waals surface area (Å²) in [5.74, 6) is 1.99. The lowest BCUT2D eigenvalue weighted by molar-refractivity contribution is 0.174. The largest absolute Gasteiger partial charge is 0.454 e. The van der Waals surface area contributed by atoms with E-state index >= 15 is 0 Å². The van der Waals surface area contributed by atoms with Crippen molar-refractivity contribution in [2.45, 2.75) is 0 Å². The Morgan fingerprint density at radius 3 is 2.87 bits per heavy atom. The van der Waals surface area contributed by atoms with E-state index in [1.807, 2.05) is 18.2 Å². The van der Waals surface area contributed by atoms with Gasteiger partial charge in [0.2, 0.25) is 6.79 Å². The van der Waals surface area contributed by atoms with Gasteiger partial charge >= 0.3 is 0 Å². The molecule has 0 saturated heterocycles. The molecule has 1 aromatic carbocycles. The summed E-state index contributed by atoms with van der Waals surface area (Å²) in [6.45, 7) is 0.282. The van der Waals surface area contributed by atoms with Crippen LogP contribution in [0.15, 0.2) is 24.3 Å². The van der Waals surface area contributed by atoms with Crippen LogP contribution in [0, 0.1) is 0 Å². The topological polar surface area (TPSA) is 73.2 Å². The predicted molar refractivity (Wildman–Crippen MR) is 54.6 cm³/mol. The molecule has 0 saturated carbocycles. The Hall–Kier alpha value is -2.17. The minimum Gasteiger partial charge on any atom is -0.454 e. The Balaban J connectivity index is 2.06. The summed E-state index contributed by atoms with van der Waals surface area (Å²) >= 11 is 0. The van der Waals surface area contributed by atoms with E-state index in [4.69, 9.17) is 15.2 Å². The number of H-pyrrole nitrogens is 1. The van der Waals surface area contributed by atoms with Crippen LogP contribution in [0.4, 0.5) is 5.82 Å². The van der Waals surface area contributed by atoms with Crippen molar-refractivity contribution >= 4 is 5.82 Å². The molecule has 5 nitrogen and oxygen atoms in total. The average Bonchev–Trinajstić information content (AvgIpc) is 2.84. The van der Waals surface area contributed by atoms with Gasteiger partial charge in [-0.15, -0.1) is 0 Å². The first-order valence-corrected chi connectivity index (χ1v) is 4.54. The first-order chi connectivity index (χ1) is 7.33. The van der Waals surface area contributed by atoms with Crippen LogP contribution in [0.5, 0.6) is 11.5 Å². The second-order valence-electron chi connectivity index (χ2n) is 3.27. The molecule has 0 aliphatic carbocycles. The van der Waals surface area contributed by atoms with Crippen molar-refractivity contribution in [3.63, 3.8) is 0 Å². The van der Waals surface area contributed by atoms with Crippen molar-refractivity contribution < 1.29 is 9.47 Å². The van der Waals surface area contributed by atoms with E-state index in [1.54, 1.807) is 6.07 Å². The molecular weight excluding hydrogens is 194 g/mol. The smallest absolute Gasteiger partial charge is 0.231 e. The van der Waals surface area contributed by atoms with Crippen molar-refractivity contribution in [2.24, 2.45) is 0 Å². The van der Waals surface area contributed by atoms with Gasteiger partial charge in [0.15, 0.2) is 11.5 Å². The fraction of sp³-hybridized carbons (Fsp3) is 0.100. The number of nitrogens with two attached hydrogens (primary N) is 1. The minimum atomic E-state index is 0.282. The quantitative estimate of drug-likeness (QED) is 0.734. The lowest BCUT2D eigenvalue weighted by atomic mass is 10.1. The molecule has 1 aromatic heterocycles. The van der Waals surface area contributed by atoms with Crippen LogP contribution in [0.3, 0.4) is 0 Å². The van der Waals surface area contributed by atoms with Gasteiger partial charge in [0.05, 0.1) is 5.69 Å². The van der Waals surface area contributed by atoms with Gasteiger partial charge in [0.1, 0.15) is 5.82 Å². The molecule has 0 fully saturated rings. The maximum atomic E-state index is 5.53. The zero-order chi connectivity index (χ0) is 10.3. The molecule has 0 atom stereocenters. The highest BCUT2D eigenvalue weighted by molar-refractivity contribution is 5.66. The Morgan fingerprint density at radius 1 is 1.20 bits per heavy atom. The van der Waals surface area contributed by atoms with E-state index in [9.17, 15) is 0 Å². The summed E-state index contributed by atoms with van der Waals surface area (Å²) in [7, 11) is 0. The summed E-state index contributed by atoms with van der Waals surface area (Å²) in [6.07, 6.45) is 0. The lowest BCUT2D eigenvalue weighted by Crippen LogP contribution is -1.92. The third kappa shape index (κ3) is 1.28. The minimum absolute atomic E-state index is 0.282. The van der Waals surface area contributed by atoms with Crippen LogP contribution in [0.25, 0.3) is 11.3 Å². The van der Waals surface area contributed by atoms with Gasteiger partial charge < -0.3 is 15.2 Å². The van der Waals surface area contributed by atoms with Crippen molar-refractivity contribution in [1.29, 1.82) is 0 Å². The highest BCUT2D eigenvalue weighted by Gasteiger charge is 2.14. The zero-order valence-corrected chi connectivity index (χ0v) is 7.86. The summed E-state index contributed by atoms with van der Waals surface area (Å²) in [5.41, 5.74) is 7.37. The molecule has 3 rings (SSSR count). The Labute approximate surface area is 85.8 Å². The number of aromatic amines is 1. The average molecular weight is 203 g/mol. The molecule has 0 bridgehead atoms. The van der Waals surface area contributed by atoms with Crippen molar-refractivity contribution in [1.82, 2.24) is 10.2 Å². The summed E-state index contributed by atoms with van der Waals surface area (Å²) in [4.78, 5) is 0. The van der Waals surface area contributed by atoms with Crippen LogP contribution in [-0.4, -0.2) is 17.0 Å². The Bertz CT molecular complexity index is 507. The number of anilines is 1. The third-order valence-corrected chi connectivity index (χ3v) is 2.28. The van der Waals surface area contributed by atoms with Crippen LogP contribution in [0.1, 0.15) is 0 Å². The fourth-order valence-corrected chi connectivity index (χ4v) is 1.55. The Morgan fingerprint density at radius 2 is 2.07 bits per heavy atom. The first kappa shape index (κ1) is 8.16. The Kier molecular flexibility index (Phi) is 1.58. The molecule has 0 amide bonds.